The summed E-state index contributed by atoms with van der Waals surface area (Å²) in [4.78, 5) is 34.5. The Kier molecular flexibility index (Phi) is 18.6. The van der Waals surface area contributed by atoms with Crippen LogP contribution in [0.1, 0.15) is 52.7 Å². The van der Waals surface area contributed by atoms with Crippen molar-refractivity contribution in [1.29, 1.82) is 5.26 Å². The van der Waals surface area contributed by atoms with Crippen LogP contribution in [0.5, 0.6) is 0 Å². The zero-order valence-corrected chi connectivity index (χ0v) is 34.4. The van der Waals surface area contributed by atoms with Crippen LogP contribution >= 0.6 is 30.6 Å². The maximum absolute atomic E-state index is 12.4. The van der Waals surface area contributed by atoms with Gasteiger partial charge >= 0.3 is 0 Å². The number of aliphatic hydroxyl groups is 2. The molecule has 0 spiro atoms. The molecule has 1 aromatic heterocycles. The van der Waals surface area contributed by atoms with Gasteiger partial charge in [0, 0.05) is 21.2 Å². The lowest BCUT2D eigenvalue weighted by molar-refractivity contribution is -0.128. The molecule has 0 aliphatic rings. The molecule has 0 saturated heterocycles. The Bertz CT molecular complexity index is 2380. The summed E-state index contributed by atoms with van der Waals surface area (Å²) in [6.07, 6.45) is -1.09. The Balaban J connectivity index is 0.000000291. The van der Waals surface area contributed by atoms with Gasteiger partial charge in [0.1, 0.15) is 0 Å². The van der Waals surface area contributed by atoms with Gasteiger partial charge in [-0.3, -0.25) is 20.4 Å². The van der Waals surface area contributed by atoms with Crippen molar-refractivity contribution in [2.24, 2.45) is 5.92 Å². The first kappa shape index (κ1) is 46.3. The number of nitrogens with one attached hydrogen (secondary N) is 2. The lowest BCUT2D eigenvalue weighted by Gasteiger charge is -2.20. The molecule has 0 aliphatic heterocycles. The van der Waals surface area contributed by atoms with Gasteiger partial charge in [0.15, 0.2) is 5.69 Å². The third-order valence-electron chi connectivity index (χ3n) is 8.25. The quantitative estimate of drug-likeness (QED) is 0.0607. The van der Waals surface area contributed by atoms with E-state index in [1.807, 2.05) is 12.7 Å². The SMILES string of the molecule is CP=S.[C-]#[N+]c1ccc(-c2nnc([C@H](Cc3ccc([N+]#[C-])c(Cl)c3)[C@H](C)O)o2)cc1.[C-]#[N+]c1ccc(C[C@@H](C(=O)NNC(=O)c2ccc(C#N)cc2)[C@H](C)O)cc1Cl. The van der Waals surface area contributed by atoms with Gasteiger partial charge in [0.05, 0.1) is 55.4 Å². The van der Waals surface area contributed by atoms with Gasteiger partial charge in [-0.1, -0.05) is 95.7 Å². The smallest absolute Gasteiger partial charge is 0.269 e. The molecule has 0 bridgehead atoms. The molecular formula is C41H35Cl2N8O5PS. The van der Waals surface area contributed by atoms with Crippen LogP contribution in [-0.4, -0.2) is 51.1 Å². The number of hydrogen-bond acceptors (Lipinski definition) is 9. The van der Waals surface area contributed by atoms with Crippen molar-refractivity contribution >= 4 is 71.2 Å². The van der Waals surface area contributed by atoms with Gasteiger partial charge in [0.25, 0.3) is 5.91 Å². The molecule has 2 amide bonds. The molecule has 294 valence electrons. The second kappa shape index (κ2) is 23.2. The summed E-state index contributed by atoms with van der Waals surface area (Å²) in [7, 11) is 1.00. The molecule has 4 N–H and O–H groups in total. The van der Waals surface area contributed by atoms with Gasteiger partial charge in [-0.05, 0) is 76.1 Å². The molecule has 4 atom stereocenters. The average molecular weight is 854 g/mol. The van der Waals surface area contributed by atoms with E-state index in [4.69, 9.17) is 52.6 Å². The van der Waals surface area contributed by atoms with E-state index in [2.05, 4.69) is 47.4 Å². The topological polar surface area (TPSA) is 174 Å². The number of nitrogens with zero attached hydrogens (tertiary/aromatic N) is 6. The predicted octanol–water partition coefficient (Wildman–Crippen LogP) is 8.99. The van der Waals surface area contributed by atoms with Crippen molar-refractivity contribution in [1.82, 2.24) is 21.0 Å². The molecule has 0 unspecified atom stereocenters. The first-order chi connectivity index (χ1) is 27.8. The van der Waals surface area contributed by atoms with Gasteiger partial charge in [-0.25, -0.2) is 14.5 Å². The highest BCUT2D eigenvalue weighted by Crippen LogP contribution is 2.31. The van der Waals surface area contributed by atoms with Gasteiger partial charge in [-0.15, -0.1) is 10.2 Å². The number of hydrogen-bond donors (Lipinski definition) is 4. The minimum Gasteiger partial charge on any atom is -0.420 e. The molecule has 0 radical (unpaired) electrons. The molecular weight excluding hydrogens is 818 g/mol. The molecule has 58 heavy (non-hydrogen) atoms. The lowest BCUT2D eigenvalue weighted by atomic mass is 9.94. The molecule has 0 fully saturated rings. The standard InChI is InChI=1S/C20H17ClN4O3.C20H15ClN4O2.CH3PS/c1-12(26)16(9-14-5-8-18(23-2)17(21)10-14)20(28)25-24-19(27)15-6-3-13(11-22)4-7-15;1-12(26)16(10-13-4-9-18(23-3)17(21)11-13)20-25-24-19(27-20)14-5-7-15(22-2)8-6-14;1-2-3/h3-8,10,12,16,26H,9H2,1H3,(H,24,27)(H,25,28);4-9,11-12,16,26H,10H2,1H3;1H3/t2*12-,16+;/m00./s1. The van der Waals surface area contributed by atoms with E-state index in [0.29, 0.717) is 57.0 Å². The second-order valence-electron chi connectivity index (χ2n) is 12.3. The van der Waals surface area contributed by atoms with E-state index >= 15 is 0 Å². The van der Waals surface area contributed by atoms with Gasteiger partial charge in [0.2, 0.25) is 29.1 Å². The summed E-state index contributed by atoms with van der Waals surface area (Å²) in [5.74, 6) is -1.72. The first-order valence-corrected chi connectivity index (χ1v) is 20.2. The van der Waals surface area contributed by atoms with Crippen molar-refractivity contribution in [2.75, 3.05) is 6.66 Å². The number of carbonyl (C=O) groups excluding carboxylic acids is 2. The van der Waals surface area contributed by atoms with Crippen LogP contribution in [-0.2, 0) is 29.4 Å². The van der Waals surface area contributed by atoms with E-state index < -0.39 is 35.9 Å². The summed E-state index contributed by atoms with van der Waals surface area (Å²) < 4.78 is 5.77. The Morgan fingerprint density at radius 2 is 1.40 bits per heavy atom. The molecule has 17 heteroatoms. The Morgan fingerprint density at radius 3 is 1.86 bits per heavy atom. The van der Waals surface area contributed by atoms with Crippen LogP contribution in [0.2, 0.25) is 10.0 Å². The third kappa shape index (κ3) is 13.6. The highest BCUT2D eigenvalue weighted by molar-refractivity contribution is 7.96. The fourth-order valence-electron chi connectivity index (χ4n) is 5.15. The molecule has 5 rings (SSSR count). The fourth-order valence-corrected chi connectivity index (χ4v) is 5.64. The number of aliphatic hydroxyl groups excluding tert-OH is 2. The second-order valence-corrected chi connectivity index (χ2v) is 14.6. The van der Waals surface area contributed by atoms with Gasteiger partial charge < -0.3 is 14.6 Å². The van der Waals surface area contributed by atoms with E-state index in [1.165, 1.54) is 31.2 Å². The number of amides is 2. The van der Waals surface area contributed by atoms with Crippen molar-refractivity contribution in [3.05, 3.63) is 157 Å². The van der Waals surface area contributed by atoms with Crippen LogP contribution in [0, 0.1) is 37.0 Å². The molecule has 0 aliphatic carbocycles. The first-order valence-electron chi connectivity index (χ1n) is 17.1. The summed E-state index contributed by atoms with van der Waals surface area (Å²) in [5, 5.41) is 37.7. The molecule has 4 aromatic carbocycles. The third-order valence-corrected chi connectivity index (χ3v) is 8.86. The Labute approximate surface area is 352 Å². The van der Waals surface area contributed by atoms with E-state index in [-0.39, 0.29) is 17.0 Å². The monoisotopic (exact) mass is 852 g/mol. The fraction of sp³-hybridized carbons (Fsp3) is 0.220. The van der Waals surface area contributed by atoms with Crippen molar-refractivity contribution in [3.8, 4) is 17.5 Å². The molecule has 1 heterocycles. The zero-order chi connectivity index (χ0) is 42.8. The van der Waals surface area contributed by atoms with Crippen molar-refractivity contribution in [2.45, 2.75) is 44.8 Å². The Hall–Kier alpha value is -6.06. The minimum atomic E-state index is -0.980. The lowest BCUT2D eigenvalue weighted by Crippen LogP contribution is -2.47. The maximum Gasteiger partial charge on any atom is 0.269 e. The summed E-state index contributed by atoms with van der Waals surface area (Å²) >= 11 is 16.5. The van der Waals surface area contributed by atoms with Crippen LogP contribution < -0.4 is 10.9 Å². The number of aromatic nitrogens is 2. The molecule has 0 saturated carbocycles. The molecule has 13 nitrogen and oxygen atoms in total. The number of benzene rings is 4. The molecule has 5 aromatic rings. The largest absolute Gasteiger partial charge is 0.420 e. The summed E-state index contributed by atoms with van der Waals surface area (Å²) in [6, 6.07) is 24.7. The number of rotatable bonds is 10. The number of nitriles is 1. The Morgan fingerprint density at radius 1 is 0.845 bits per heavy atom. The summed E-state index contributed by atoms with van der Waals surface area (Å²) in [5.41, 5.74) is 8.74. The number of carbonyl (C=O) groups is 2. The van der Waals surface area contributed by atoms with Crippen LogP contribution in [0.25, 0.3) is 26.0 Å². The zero-order valence-electron chi connectivity index (χ0n) is 31.2. The van der Waals surface area contributed by atoms with E-state index in [0.717, 1.165) is 12.9 Å². The number of halogens is 2. The van der Waals surface area contributed by atoms with Crippen LogP contribution in [0.15, 0.2) is 89.3 Å². The average Bonchev–Trinajstić information content (AvgIpc) is 3.71. The number of hydrazine groups is 1. The summed E-state index contributed by atoms with van der Waals surface area (Å²) in [6.45, 7) is 26.1. The van der Waals surface area contributed by atoms with E-state index in [1.54, 1.807) is 67.6 Å². The van der Waals surface area contributed by atoms with Crippen molar-refractivity contribution < 1.29 is 24.2 Å². The minimum absolute atomic E-state index is 0.175. The van der Waals surface area contributed by atoms with Crippen LogP contribution in [0.3, 0.4) is 0 Å². The van der Waals surface area contributed by atoms with Crippen molar-refractivity contribution in [3.63, 3.8) is 0 Å². The highest BCUT2D eigenvalue weighted by atomic mass is 35.5. The highest BCUT2D eigenvalue weighted by Gasteiger charge is 2.26. The predicted molar refractivity (Wildman–Crippen MR) is 225 cm³/mol. The van der Waals surface area contributed by atoms with E-state index in [9.17, 15) is 19.8 Å². The van der Waals surface area contributed by atoms with Crippen LogP contribution in [0.4, 0.5) is 17.1 Å². The van der Waals surface area contributed by atoms with Gasteiger partial charge in [-0.2, -0.15) is 5.26 Å². The maximum atomic E-state index is 12.4. The normalized spacial score (nSPS) is 12.2.